The number of carbonyl (C=O) groups excluding carboxylic acids is 2. The minimum atomic E-state index is -4.76. The first-order valence-corrected chi connectivity index (χ1v) is 8.84. The van der Waals surface area contributed by atoms with Gasteiger partial charge in [0.15, 0.2) is 0 Å². The minimum absolute atomic E-state index is 0.0244. The maximum Gasteiger partial charge on any atom is 0.431 e. The molecule has 0 radical (unpaired) electrons. The van der Waals surface area contributed by atoms with E-state index in [1.54, 1.807) is 21.8 Å². The van der Waals surface area contributed by atoms with Gasteiger partial charge in [-0.15, -0.1) is 0 Å². The second kappa shape index (κ2) is 7.87. The van der Waals surface area contributed by atoms with Crippen LogP contribution in [0.15, 0.2) is 52.0 Å². The Balaban J connectivity index is 1.79. The van der Waals surface area contributed by atoms with Crippen LogP contribution in [-0.4, -0.2) is 16.8 Å². The van der Waals surface area contributed by atoms with Crippen LogP contribution in [0.25, 0.3) is 0 Å². The summed E-state index contributed by atoms with van der Waals surface area (Å²) in [6.07, 6.45) is -4.76. The lowest BCUT2D eigenvalue weighted by atomic mass is 10.2. The molecular weight excluding hydrogens is 414 g/mol. The van der Waals surface area contributed by atoms with Gasteiger partial charge in [0.2, 0.25) is 0 Å². The molecule has 11 heteroatoms. The number of aromatic nitrogens is 1. The molecule has 2 heterocycles. The first kappa shape index (κ1) is 20.3. The van der Waals surface area contributed by atoms with Gasteiger partial charge in [0.1, 0.15) is 17.1 Å². The van der Waals surface area contributed by atoms with Gasteiger partial charge in [0.05, 0.1) is 11.3 Å². The van der Waals surface area contributed by atoms with Gasteiger partial charge < -0.3 is 15.6 Å². The normalized spacial score (nSPS) is 11.2. The largest absolute Gasteiger partial charge is 0.431 e. The zero-order valence-corrected chi connectivity index (χ0v) is 15.1. The van der Waals surface area contributed by atoms with Crippen molar-refractivity contribution in [1.29, 1.82) is 0 Å². The Labute approximate surface area is 164 Å². The number of hydrogen-bond acceptors (Lipinski definition) is 4. The van der Waals surface area contributed by atoms with Crippen molar-refractivity contribution in [3.8, 4) is 0 Å². The van der Waals surface area contributed by atoms with E-state index in [-0.39, 0.29) is 11.4 Å². The first-order valence-electron chi connectivity index (χ1n) is 7.90. The third-order valence-electron chi connectivity index (χ3n) is 3.72. The molecule has 150 valence electrons. The van der Waals surface area contributed by atoms with Crippen molar-refractivity contribution in [2.24, 2.45) is 0 Å². The van der Waals surface area contributed by atoms with Crippen LogP contribution in [0.2, 0.25) is 0 Å². The van der Waals surface area contributed by atoms with E-state index < -0.39 is 40.6 Å². The highest BCUT2D eigenvalue weighted by Gasteiger charge is 2.32. The second-order valence-electron chi connectivity index (χ2n) is 5.73. The highest BCUT2D eigenvalue weighted by molar-refractivity contribution is 7.08. The van der Waals surface area contributed by atoms with Crippen molar-refractivity contribution in [3.05, 3.63) is 80.2 Å². The summed E-state index contributed by atoms with van der Waals surface area (Å²) in [5.41, 5.74) is -2.97. The molecule has 0 fully saturated rings. The van der Waals surface area contributed by atoms with Crippen molar-refractivity contribution in [1.82, 2.24) is 4.98 Å². The number of H-pyrrole nitrogens is 1. The van der Waals surface area contributed by atoms with Gasteiger partial charge >= 0.3 is 6.18 Å². The molecule has 3 rings (SSSR count). The minimum Gasteiger partial charge on any atom is -0.322 e. The van der Waals surface area contributed by atoms with E-state index in [9.17, 15) is 31.9 Å². The van der Waals surface area contributed by atoms with Crippen LogP contribution >= 0.6 is 11.3 Å². The fourth-order valence-electron chi connectivity index (χ4n) is 2.30. The number of anilines is 2. The Hall–Kier alpha value is -3.47. The molecule has 6 nitrogen and oxygen atoms in total. The van der Waals surface area contributed by atoms with E-state index in [2.05, 4.69) is 10.6 Å². The molecule has 0 saturated heterocycles. The zero-order valence-electron chi connectivity index (χ0n) is 14.3. The van der Waals surface area contributed by atoms with Crippen molar-refractivity contribution in [2.75, 3.05) is 10.6 Å². The lowest BCUT2D eigenvalue weighted by Crippen LogP contribution is -2.25. The number of hydrogen-bond donors (Lipinski definition) is 3. The summed E-state index contributed by atoms with van der Waals surface area (Å²) >= 11 is 1.28. The fourth-order valence-corrected chi connectivity index (χ4v) is 2.94. The smallest absolute Gasteiger partial charge is 0.322 e. The lowest BCUT2D eigenvalue weighted by Gasteiger charge is -2.10. The third kappa shape index (κ3) is 4.69. The van der Waals surface area contributed by atoms with Gasteiger partial charge in [0, 0.05) is 11.1 Å². The number of alkyl halides is 3. The third-order valence-corrected chi connectivity index (χ3v) is 4.40. The molecule has 3 N–H and O–H groups in total. The van der Waals surface area contributed by atoms with Gasteiger partial charge in [0.25, 0.3) is 17.4 Å². The SMILES string of the molecule is O=C(Nc1cc(NC(=O)c2ccc(C(F)(F)F)[nH]c2=O)ccc1F)c1ccsc1. The highest BCUT2D eigenvalue weighted by atomic mass is 32.1. The quantitative estimate of drug-likeness (QED) is 0.550. The molecule has 29 heavy (non-hydrogen) atoms. The number of nitrogens with one attached hydrogen (secondary N) is 3. The van der Waals surface area contributed by atoms with Gasteiger partial charge in [-0.3, -0.25) is 14.4 Å². The van der Waals surface area contributed by atoms with Crippen LogP contribution in [0.5, 0.6) is 0 Å². The zero-order chi connectivity index (χ0) is 21.2. The van der Waals surface area contributed by atoms with Crippen LogP contribution in [0.1, 0.15) is 26.4 Å². The second-order valence-corrected chi connectivity index (χ2v) is 6.51. The van der Waals surface area contributed by atoms with Crippen molar-refractivity contribution in [3.63, 3.8) is 0 Å². The van der Waals surface area contributed by atoms with Crippen molar-refractivity contribution in [2.45, 2.75) is 6.18 Å². The maximum atomic E-state index is 14.0. The van der Waals surface area contributed by atoms with Gasteiger partial charge in [-0.05, 0) is 41.8 Å². The van der Waals surface area contributed by atoms with E-state index in [4.69, 9.17) is 0 Å². The molecule has 1 aromatic carbocycles. The summed E-state index contributed by atoms with van der Waals surface area (Å²) in [7, 11) is 0. The molecule has 3 aromatic rings. The van der Waals surface area contributed by atoms with Gasteiger partial charge in [-0.25, -0.2) is 4.39 Å². The van der Waals surface area contributed by atoms with E-state index in [1.807, 2.05) is 0 Å². The van der Waals surface area contributed by atoms with Crippen molar-refractivity contribution >= 4 is 34.5 Å². The van der Waals surface area contributed by atoms with Crippen LogP contribution in [0.3, 0.4) is 0 Å². The number of pyridine rings is 1. The molecule has 0 bridgehead atoms. The molecule has 0 saturated carbocycles. The van der Waals surface area contributed by atoms with E-state index in [0.29, 0.717) is 11.6 Å². The van der Waals surface area contributed by atoms with Crippen molar-refractivity contribution < 1.29 is 27.2 Å². The van der Waals surface area contributed by atoms with Crippen LogP contribution in [0, 0.1) is 5.82 Å². The number of aromatic amines is 1. The first-order chi connectivity index (χ1) is 13.6. The Kier molecular flexibility index (Phi) is 5.50. The van der Waals surface area contributed by atoms with Gasteiger partial charge in [-0.2, -0.15) is 24.5 Å². The van der Waals surface area contributed by atoms with E-state index in [0.717, 1.165) is 18.2 Å². The number of amides is 2. The lowest BCUT2D eigenvalue weighted by molar-refractivity contribution is -0.141. The highest BCUT2D eigenvalue weighted by Crippen LogP contribution is 2.26. The summed E-state index contributed by atoms with van der Waals surface area (Å²) in [4.78, 5) is 37.6. The Morgan fingerprint density at radius 2 is 1.76 bits per heavy atom. The average Bonchev–Trinajstić information content (AvgIpc) is 3.18. The number of benzene rings is 1. The summed E-state index contributed by atoms with van der Waals surface area (Å²) in [5.74, 6) is -2.33. The number of carbonyl (C=O) groups is 2. The number of thiophene rings is 1. The Morgan fingerprint density at radius 3 is 2.38 bits per heavy atom. The summed E-state index contributed by atoms with van der Waals surface area (Å²) in [6, 6.07) is 6.12. The molecule has 0 aliphatic heterocycles. The standard InChI is InChI=1S/C18H11F4N3O3S/c19-12-3-1-10(7-13(12)24-15(26)9-5-6-29-8-9)23-16(27)11-2-4-14(18(20,21)22)25-17(11)28/h1-8H,(H,23,27)(H,24,26)(H,25,28). The van der Waals surface area contributed by atoms with E-state index >= 15 is 0 Å². The molecule has 2 aromatic heterocycles. The molecule has 0 aliphatic carbocycles. The van der Waals surface area contributed by atoms with Crippen LogP contribution < -0.4 is 16.2 Å². The number of rotatable bonds is 4. The maximum absolute atomic E-state index is 14.0. The molecule has 0 unspecified atom stereocenters. The van der Waals surface area contributed by atoms with Crippen LogP contribution in [-0.2, 0) is 6.18 Å². The Morgan fingerprint density at radius 1 is 1.00 bits per heavy atom. The topological polar surface area (TPSA) is 91.1 Å². The predicted octanol–water partition coefficient (Wildman–Crippen LogP) is 4.10. The average molecular weight is 425 g/mol. The molecule has 0 spiro atoms. The predicted molar refractivity (Wildman–Crippen MR) is 98.7 cm³/mol. The Bertz CT molecular complexity index is 1120. The monoisotopic (exact) mass is 425 g/mol. The molecular formula is C18H11F4N3O3S. The number of halogens is 4. The summed E-state index contributed by atoms with van der Waals surface area (Å²) < 4.78 is 51.8. The van der Waals surface area contributed by atoms with Gasteiger partial charge in [-0.1, -0.05) is 0 Å². The molecule has 2 amide bonds. The summed E-state index contributed by atoms with van der Waals surface area (Å²) in [6.45, 7) is 0. The molecule has 0 aliphatic rings. The van der Waals surface area contributed by atoms with Crippen LogP contribution in [0.4, 0.5) is 28.9 Å². The summed E-state index contributed by atoms with van der Waals surface area (Å²) in [5, 5.41) is 7.86. The van der Waals surface area contributed by atoms with E-state index in [1.165, 1.54) is 17.4 Å². The molecule has 0 atom stereocenters. The fraction of sp³-hybridized carbons (Fsp3) is 0.0556.